The zero-order valence-electron chi connectivity index (χ0n) is 19.9. The Morgan fingerprint density at radius 3 is 2.00 bits per heavy atom. The molecule has 0 radical (unpaired) electrons. The molecule has 0 saturated carbocycles. The van der Waals surface area contributed by atoms with Crippen molar-refractivity contribution < 1.29 is 24.1 Å². The first kappa shape index (κ1) is 25.5. The molecule has 1 heterocycles. The number of halogens is 2. The third-order valence-corrected chi connectivity index (χ3v) is 5.72. The van der Waals surface area contributed by atoms with Crippen LogP contribution in [0.1, 0.15) is 22.5 Å². The van der Waals surface area contributed by atoms with Crippen LogP contribution in [0.25, 0.3) is 30.0 Å². The van der Waals surface area contributed by atoms with Gasteiger partial charge in [0, 0.05) is 0 Å². The molecule has 0 fully saturated rings. The van der Waals surface area contributed by atoms with E-state index in [4.69, 9.17) is 21.1 Å². The quantitative estimate of drug-likeness (QED) is 0.320. The number of phenolic OH excluding ortho intramolecular Hbond substituents is 2. The summed E-state index contributed by atoms with van der Waals surface area (Å²) in [4.78, 5) is 17.3. The standard InChI is InChI=1S/C28H22ClFN2O5/c1-36-26-13-17(5-11-24(26)33)3-7-19-15-20(8-4-18-6-12-25(34)27(14-18)37-2)32(28(35)31-19)21-9-10-23(30)22(29)16-21/h3-16,33-34H,1-2H3/b7-3+,8-4+. The molecule has 1 aromatic heterocycles. The Labute approximate surface area is 217 Å². The molecule has 0 unspecified atom stereocenters. The van der Waals surface area contributed by atoms with Crippen molar-refractivity contribution >= 4 is 35.9 Å². The Morgan fingerprint density at radius 1 is 0.838 bits per heavy atom. The van der Waals surface area contributed by atoms with Crippen LogP contribution in [0.5, 0.6) is 23.0 Å². The second kappa shape index (κ2) is 11.0. The highest BCUT2D eigenvalue weighted by Gasteiger charge is 2.11. The Hall–Kier alpha value is -4.56. The van der Waals surface area contributed by atoms with Gasteiger partial charge in [-0.05, 0) is 71.8 Å². The Morgan fingerprint density at radius 2 is 1.43 bits per heavy atom. The average Bonchev–Trinajstić information content (AvgIpc) is 2.89. The molecule has 0 aliphatic carbocycles. The number of ether oxygens (including phenoxy) is 2. The third-order valence-electron chi connectivity index (χ3n) is 5.43. The van der Waals surface area contributed by atoms with Crippen LogP contribution in [0.15, 0.2) is 65.5 Å². The molecule has 0 bridgehead atoms. The highest BCUT2D eigenvalue weighted by atomic mass is 35.5. The van der Waals surface area contributed by atoms with E-state index in [2.05, 4.69) is 4.98 Å². The lowest BCUT2D eigenvalue weighted by Gasteiger charge is -2.11. The molecule has 3 aromatic carbocycles. The Balaban J connectivity index is 1.80. The minimum Gasteiger partial charge on any atom is -0.504 e. The van der Waals surface area contributed by atoms with Gasteiger partial charge in [0.15, 0.2) is 23.0 Å². The van der Waals surface area contributed by atoms with Crippen LogP contribution < -0.4 is 15.2 Å². The average molecular weight is 521 g/mol. The summed E-state index contributed by atoms with van der Waals surface area (Å²) in [5.41, 5.74) is 1.97. The first-order chi connectivity index (χ1) is 17.8. The van der Waals surface area contributed by atoms with Crippen LogP contribution in [0.2, 0.25) is 5.02 Å². The maximum Gasteiger partial charge on any atom is 0.353 e. The van der Waals surface area contributed by atoms with Crippen molar-refractivity contribution in [3.05, 3.63) is 105 Å². The van der Waals surface area contributed by atoms with Gasteiger partial charge in [-0.15, -0.1) is 0 Å². The van der Waals surface area contributed by atoms with Gasteiger partial charge < -0.3 is 19.7 Å². The van der Waals surface area contributed by atoms with E-state index in [1.54, 1.807) is 54.6 Å². The number of rotatable bonds is 7. The molecule has 2 N–H and O–H groups in total. The molecule has 37 heavy (non-hydrogen) atoms. The highest BCUT2D eigenvalue weighted by molar-refractivity contribution is 6.30. The van der Waals surface area contributed by atoms with Gasteiger partial charge in [-0.2, -0.15) is 4.98 Å². The number of benzene rings is 3. The van der Waals surface area contributed by atoms with Gasteiger partial charge in [-0.1, -0.05) is 35.9 Å². The lowest BCUT2D eigenvalue weighted by molar-refractivity contribution is 0.373. The zero-order valence-corrected chi connectivity index (χ0v) is 20.6. The van der Waals surface area contributed by atoms with Crippen molar-refractivity contribution in [2.75, 3.05) is 14.2 Å². The zero-order chi connectivity index (χ0) is 26.5. The molecular formula is C28H22ClFN2O5. The number of hydrogen-bond acceptors (Lipinski definition) is 6. The summed E-state index contributed by atoms with van der Waals surface area (Å²) in [5, 5.41) is 19.5. The van der Waals surface area contributed by atoms with Crippen LogP contribution in [-0.4, -0.2) is 34.0 Å². The molecule has 0 saturated heterocycles. The van der Waals surface area contributed by atoms with Crippen LogP contribution in [0.3, 0.4) is 0 Å². The van der Waals surface area contributed by atoms with E-state index in [0.29, 0.717) is 34.1 Å². The molecule has 9 heteroatoms. The maximum atomic E-state index is 13.8. The fraction of sp³-hybridized carbons (Fsp3) is 0.0714. The van der Waals surface area contributed by atoms with Crippen molar-refractivity contribution in [1.82, 2.24) is 9.55 Å². The van der Waals surface area contributed by atoms with E-state index in [9.17, 15) is 19.4 Å². The van der Waals surface area contributed by atoms with Crippen molar-refractivity contribution in [2.45, 2.75) is 0 Å². The van der Waals surface area contributed by atoms with Gasteiger partial charge in [0.2, 0.25) is 0 Å². The molecule has 0 amide bonds. The van der Waals surface area contributed by atoms with Gasteiger partial charge >= 0.3 is 5.69 Å². The van der Waals surface area contributed by atoms with Crippen LogP contribution >= 0.6 is 11.6 Å². The first-order valence-electron chi connectivity index (χ1n) is 11.0. The number of nitrogens with zero attached hydrogens (tertiary/aromatic N) is 2. The second-order valence-electron chi connectivity index (χ2n) is 7.85. The third kappa shape index (κ3) is 5.82. The highest BCUT2D eigenvalue weighted by Crippen LogP contribution is 2.28. The Bertz CT molecular complexity index is 1580. The fourth-order valence-electron chi connectivity index (χ4n) is 3.57. The molecular weight excluding hydrogens is 499 g/mol. The molecule has 4 rings (SSSR count). The van der Waals surface area contributed by atoms with E-state index < -0.39 is 11.5 Å². The number of aromatic hydroxyl groups is 2. The lowest BCUT2D eigenvalue weighted by Crippen LogP contribution is -2.24. The van der Waals surface area contributed by atoms with Gasteiger partial charge in [0.1, 0.15) is 5.82 Å². The molecule has 7 nitrogen and oxygen atoms in total. The predicted molar refractivity (Wildman–Crippen MR) is 142 cm³/mol. The van der Waals surface area contributed by atoms with Gasteiger partial charge in [-0.3, -0.25) is 4.57 Å². The van der Waals surface area contributed by atoms with E-state index >= 15 is 0 Å². The molecule has 0 aliphatic heterocycles. The molecule has 0 spiro atoms. The van der Waals surface area contributed by atoms with E-state index in [-0.39, 0.29) is 16.5 Å². The molecule has 0 aliphatic rings. The summed E-state index contributed by atoms with van der Waals surface area (Å²) >= 11 is 5.97. The summed E-state index contributed by atoms with van der Waals surface area (Å²) in [6.45, 7) is 0. The second-order valence-corrected chi connectivity index (χ2v) is 8.26. The predicted octanol–water partition coefficient (Wildman–Crippen LogP) is 5.79. The van der Waals surface area contributed by atoms with Crippen molar-refractivity contribution in [1.29, 1.82) is 0 Å². The maximum absolute atomic E-state index is 13.8. The van der Waals surface area contributed by atoms with Crippen LogP contribution in [0, 0.1) is 5.82 Å². The van der Waals surface area contributed by atoms with E-state index in [1.807, 2.05) is 0 Å². The molecule has 0 atom stereocenters. The van der Waals surface area contributed by atoms with Crippen molar-refractivity contribution in [3.63, 3.8) is 0 Å². The first-order valence-corrected chi connectivity index (χ1v) is 11.4. The minimum atomic E-state index is -0.608. The summed E-state index contributed by atoms with van der Waals surface area (Å²) in [6, 6.07) is 15.3. The SMILES string of the molecule is COc1cc(/C=C/c2cc(/C=C/c3ccc(O)c(OC)c3)n(-c3ccc(F)c(Cl)c3)c(=O)n2)ccc1O. The largest absolute Gasteiger partial charge is 0.504 e. The number of hydrogen-bond donors (Lipinski definition) is 2. The topological polar surface area (TPSA) is 93.8 Å². The van der Waals surface area contributed by atoms with Crippen molar-refractivity contribution in [2.24, 2.45) is 0 Å². The number of phenols is 2. The smallest absolute Gasteiger partial charge is 0.353 e. The van der Waals surface area contributed by atoms with Gasteiger partial charge in [-0.25, -0.2) is 9.18 Å². The van der Waals surface area contributed by atoms with Crippen LogP contribution in [-0.2, 0) is 0 Å². The number of aromatic nitrogens is 2. The number of methoxy groups -OCH3 is 2. The molecule has 188 valence electrons. The van der Waals surface area contributed by atoms with E-state index in [1.165, 1.54) is 49.1 Å². The normalized spacial score (nSPS) is 11.4. The molecule has 4 aromatic rings. The summed E-state index contributed by atoms with van der Waals surface area (Å²) in [6.07, 6.45) is 6.79. The monoisotopic (exact) mass is 520 g/mol. The summed E-state index contributed by atoms with van der Waals surface area (Å²) in [7, 11) is 2.90. The van der Waals surface area contributed by atoms with Gasteiger partial charge in [0.05, 0.1) is 36.3 Å². The lowest BCUT2D eigenvalue weighted by atomic mass is 10.1. The summed E-state index contributed by atoms with van der Waals surface area (Å²) < 4.78 is 25.4. The van der Waals surface area contributed by atoms with Gasteiger partial charge in [0.25, 0.3) is 0 Å². The fourth-order valence-corrected chi connectivity index (χ4v) is 3.74. The van der Waals surface area contributed by atoms with E-state index in [0.717, 1.165) is 5.56 Å². The summed E-state index contributed by atoms with van der Waals surface area (Å²) in [5.74, 6) is 0.0131. The van der Waals surface area contributed by atoms with Crippen molar-refractivity contribution in [3.8, 4) is 28.7 Å². The van der Waals surface area contributed by atoms with Crippen LogP contribution in [0.4, 0.5) is 4.39 Å². The minimum absolute atomic E-state index is 0.000270. The Kier molecular flexibility index (Phi) is 7.60.